The second-order valence-corrected chi connectivity index (χ2v) is 9.53. The number of nitrogens with zero attached hydrogens (tertiary/aromatic N) is 1. The number of halogens is 1. The standard InChI is InChI=1S/C25H26ClN3O2/c1-14-9-10-20(27-13-14)29-24(31)21-15(2)28-18-11-25(3,4)12-19(30)23(18)22(21)16-7-5-6-8-17(16)26/h5-10,13,22,28H,11-12H2,1-4H3,(H,27,29,31). The molecule has 1 aromatic carbocycles. The molecule has 1 aromatic heterocycles. The maximum atomic E-state index is 13.4. The summed E-state index contributed by atoms with van der Waals surface area (Å²) in [7, 11) is 0. The van der Waals surface area contributed by atoms with Crippen molar-refractivity contribution in [2.24, 2.45) is 5.41 Å². The van der Waals surface area contributed by atoms with Crippen molar-refractivity contribution in [3.63, 3.8) is 0 Å². The van der Waals surface area contributed by atoms with Gasteiger partial charge < -0.3 is 10.6 Å². The van der Waals surface area contributed by atoms with Crippen molar-refractivity contribution in [3.05, 3.63) is 81.3 Å². The molecule has 160 valence electrons. The maximum absolute atomic E-state index is 13.4. The predicted octanol–water partition coefficient (Wildman–Crippen LogP) is 5.29. The average molecular weight is 436 g/mol. The van der Waals surface area contributed by atoms with E-state index in [4.69, 9.17) is 11.6 Å². The fourth-order valence-electron chi connectivity index (χ4n) is 4.48. The minimum absolute atomic E-state index is 0.0509. The van der Waals surface area contributed by atoms with E-state index < -0.39 is 5.92 Å². The van der Waals surface area contributed by atoms with E-state index in [-0.39, 0.29) is 17.1 Å². The highest BCUT2D eigenvalue weighted by Gasteiger charge is 2.43. The number of aromatic nitrogens is 1. The lowest BCUT2D eigenvalue weighted by molar-refractivity contribution is -0.118. The lowest BCUT2D eigenvalue weighted by atomic mass is 9.68. The van der Waals surface area contributed by atoms with E-state index in [1.165, 1.54) is 0 Å². The zero-order valence-corrected chi connectivity index (χ0v) is 18.9. The second-order valence-electron chi connectivity index (χ2n) is 9.13. The summed E-state index contributed by atoms with van der Waals surface area (Å²) >= 11 is 6.57. The van der Waals surface area contributed by atoms with Crippen LogP contribution in [0, 0.1) is 12.3 Å². The second kappa shape index (κ2) is 7.97. The molecule has 1 aliphatic carbocycles. The van der Waals surface area contributed by atoms with Crippen LogP contribution in [0.2, 0.25) is 5.02 Å². The van der Waals surface area contributed by atoms with E-state index in [1.54, 1.807) is 18.3 Å². The van der Waals surface area contributed by atoms with E-state index in [9.17, 15) is 9.59 Å². The number of pyridine rings is 1. The van der Waals surface area contributed by atoms with Crippen molar-refractivity contribution in [2.45, 2.75) is 46.5 Å². The number of carbonyl (C=O) groups excluding carboxylic acids is 2. The number of aryl methyl sites for hydroxylation is 1. The molecule has 0 saturated carbocycles. The average Bonchev–Trinajstić information content (AvgIpc) is 2.68. The van der Waals surface area contributed by atoms with Gasteiger partial charge in [0.25, 0.3) is 5.91 Å². The number of hydrogen-bond donors (Lipinski definition) is 2. The SMILES string of the molecule is CC1=C(C(=O)Nc2ccc(C)cn2)C(c2ccccc2Cl)C2=C(CC(C)(C)CC2=O)N1. The fraction of sp³-hybridized carbons (Fsp3) is 0.320. The van der Waals surface area contributed by atoms with Gasteiger partial charge in [-0.1, -0.05) is 49.7 Å². The van der Waals surface area contributed by atoms with Crippen molar-refractivity contribution in [1.82, 2.24) is 10.3 Å². The Kier molecular flexibility index (Phi) is 5.48. The number of hydrogen-bond acceptors (Lipinski definition) is 4. The molecule has 0 fully saturated rings. The number of benzene rings is 1. The van der Waals surface area contributed by atoms with Crippen LogP contribution in [0.15, 0.2) is 65.1 Å². The normalized spacial score (nSPS) is 20.3. The molecule has 2 heterocycles. The van der Waals surface area contributed by atoms with Crippen molar-refractivity contribution >= 4 is 29.1 Å². The van der Waals surface area contributed by atoms with Gasteiger partial charge in [0.2, 0.25) is 0 Å². The molecule has 0 spiro atoms. The van der Waals surface area contributed by atoms with Crippen molar-refractivity contribution in [1.29, 1.82) is 0 Å². The molecule has 6 heteroatoms. The third kappa shape index (κ3) is 4.15. The summed E-state index contributed by atoms with van der Waals surface area (Å²) in [4.78, 5) is 31.0. The quantitative estimate of drug-likeness (QED) is 0.687. The minimum Gasteiger partial charge on any atom is -0.362 e. The molecule has 0 bridgehead atoms. The topological polar surface area (TPSA) is 71.1 Å². The summed E-state index contributed by atoms with van der Waals surface area (Å²) in [5, 5.41) is 6.79. The van der Waals surface area contributed by atoms with Crippen LogP contribution in [-0.4, -0.2) is 16.7 Å². The first-order chi connectivity index (χ1) is 14.7. The Morgan fingerprint density at radius 1 is 1.16 bits per heavy atom. The zero-order valence-electron chi connectivity index (χ0n) is 18.2. The highest BCUT2D eigenvalue weighted by molar-refractivity contribution is 6.31. The van der Waals surface area contributed by atoms with Crippen molar-refractivity contribution in [3.8, 4) is 0 Å². The number of dihydropyridines is 1. The summed E-state index contributed by atoms with van der Waals surface area (Å²) in [6, 6.07) is 11.1. The van der Waals surface area contributed by atoms with Gasteiger partial charge in [0.05, 0.1) is 0 Å². The first-order valence-electron chi connectivity index (χ1n) is 10.4. The molecule has 1 unspecified atom stereocenters. The maximum Gasteiger partial charge on any atom is 0.255 e. The number of anilines is 1. The van der Waals surface area contributed by atoms with Crippen LogP contribution in [-0.2, 0) is 9.59 Å². The summed E-state index contributed by atoms with van der Waals surface area (Å²) in [6.07, 6.45) is 2.87. The molecular weight excluding hydrogens is 410 g/mol. The smallest absolute Gasteiger partial charge is 0.255 e. The van der Waals surface area contributed by atoms with Gasteiger partial charge in [-0.3, -0.25) is 9.59 Å². The Morgan fingerprint density at radius 2 is 1.90 bits per heavy atom. The molecule has 31 heavy (non-hydrogen) atoms. The summed E-state index contributed by atoms with van der Waals surface area (Å²) < 4.78 is 0. The van der Waals surface area contributed by atoms with Crippen molar-refractivity contribution in [2.75, 3.05) is 5.32 Å². The minimum atomic E-state index is -0.529. The Hall–Kier alpha value is -2.92. The molecule has 0 saturated heterocycles. The van der Waals surface area contributed by atoms with Gasteiger partial charge in [-0.15, -0.1) is 0 Å². The molecule has 2 N–H and O–H groups in total. The molecular formula is C25H26ClN3O2. The highest BCUT2D eigenvalue weighted by Crippen LogP contribution is 2.47. The number of carbonyl (C=O) groups is 2. The largest absolute Gasteiger partial charge is 0.362 e. The van der Waals surface area contributed by atoms with Gasteiger partial charge in [-0.25, -0.2) is 4.98 Å². The molecule has 4 rings (SSSR count). The molecule has 1 amide bonds. The van der Waals surface area contributed by atoms with Crippen LogP contribution in [0.25, 0.3) is 0 Å². The van der Waals surface area contributed by atoms with Gasteiger partial charge in [0, 0.05) is 46.1 Å². The lowest BCUT2D eigenvalue weighted by Gasteiger charge is -2.39. The molecule has 5 nitrogen and oxygen atoms in total. The van der Waals surface area contributed by atoms with E-state index in [0.29, 0.717) is 28.4 Å². The number of Topliss-reactive ketones (excluding diaryl/α,β-unsaturated/α-hetero) is 1. The van der Waals surface area contributed by atoms with E-state index >= 15 is 0 Å². The van der Waals surface area contributed by atoms with Crippen LogP contribution in [0.1, 0.15) is 50.7 Å². The monoisotopic (exact) mass is 435 g/mol. The third-order valence-electron chi connectivity index (χ3n) is 5.85. The molecule has 2 aliphatic rings. The zero-order chi connectivity index (χ0) is 22.3. The van der Waals surface area contributed by atoms with E-state index in [0.717, 1.165) is 28.9 Å². The predicted molar refractivity (Wildman–Crippen MR) is 123 cm³/mol. The van der Waals surface area contributed by atoms with Crippen LogP contribution in [0.5, 0.6) is 0 Å². The summed E-state index contributed by atoms with van der Waals surface area (Å²) in [5.41, 5.74) is 4.36. The van der Waals surface area contributed by atoms with Crippen molar-refractivity contribution < 1.29 is 9.59 Å². The Bertz CT molecular complexity index is 1130. The molecule has 2 aromatic rings. The van der Waals surface area contributed by atoms with Crippen LogP contribution >= 0.6 is 11.6 Å². The molecule has 0 radical (unpaired) electrons. The molecule has 1 atom stereocenters. The van der Waals surface area contributed by atoms with Crippen LogP contribution < -0.4 is 10.6 Å². The fourth-order valence-corrected chi connectivity index (χ4v) is 4.73. The Morgan fingerprint density at radius 3 is 2.58 bits per heavy atom. The van der Waals surface area contributed by atoms with Crippen LogP contribution in [0.4, 0.5) is 5.82 Å². The van der Waals surface area contributed by atoms with Crippen LogP contribution in [0.3, 0.4) is 0 Å². The third-order valence-corrected chi connectivity index (χ3v) is 6.20. The number of amides is 1. The first-order valence-corrected chi connectivity index (χ1v) is 10.8. The molecule has 1 aliphatic heterocycles. The van der Waals surface area contributed by atoms with Gasteiger partial charge in [0.1, 0.15) is 5.82 Å². The van der Waals surface area contributed by atoms with E-state index in [2.05, 4.69) is 29.5 Å². The van der Waals surface area contributed by atoms with Gasteiger partial charge in [0.15, 0.2) is 5.78 Å². The van der Waals surface area contributed by atoms with Gasteiger partial charge in [-0.2, -0.15) is 0 Å². The lowest BCUT2D eigenvalue weighted by Crippen LogP contribution is -2.39. The van der Waals surface area contributed by atoms with E-state index in [1.807, 2.05) is 38.1 Å². The number of allylic oxidation sites excluding steroid dienone is 3. The summed E-state index contributed by atoms with van der Waals surface area (Å²) in [6.45, 7) is 7.99. The number of ketones is 1. The van der Waals surface area contributed by atoms with Gasteiger partial charge in [-0.05, 0) is 48.9 Å². The Labute approximate surface area is 187 Å². The highest BCUT2D eigenvalue weighted by atomic mass is 35.5. The summed E-state index contributed by atoms with van der Waals surface area (Å²) in [5.74, 6) is -0.311. The van der Waals surface area contributed by atoms with Gasteiger partial charge >= 0.3 is 0 Å². The Balaban J connectivity index is 1.81. The number of nitrogens with one attached hydrogen (secondary N) is 2. The first kappa shape index (κ1) is 21.3. The number of rotatable bonds is 3.